The van der Waals surface area contributed by atoms with E-state index in [1.165, 1.54) is 19.3 Å². The van der Waals surface area contributed by atoms with Crippen LogP contribution in [-0.4, -0.2) is 17.8 Å². The zero-order chi connectivity index (χ0) is 13.0. The largest absolute Gasteiger partial charge is 0.494 e. The van der Waals surface area contributed by atoms with Gasteiger partial charge in [-0.1, -0.05) is 12.8 Å². The standard InChI is InChI=1S/C15H23NO2/c1-3-18-15-7-6-14(9-13(15)10-17)16-11(2)8-12-4-5-12/h6-7,9,11-12,16-17H,3-5,8,10H2,1-2H3. The summed E-state index contributed by atoms with van der Waals surface area (Å²) in [4.78, 5) is 0. The van der Waals surface area contributed by atoms with Gasteiger partial charge in [-0.25, -0.2) is 0 Å². The lowest BCUT2D eigenvalue weighted by Crippen LogP contribution is -2.15. The van der Waals surface area contributed by atoms with Crippen molar-refractivity contribution in [3.8, 4) is 5.75 Å². The van der Waals surface area contributed by atoms with Crippen molar-refractivity contribution in [2.75, 3.05) is 11.9 Å². The molecule has 1 aromatic rings. The van der Waals surface area contributed by atoms with Crippen molar-refractivity contribution in [2.45, 2.75) is 45.8 Å². The van der Waals surface area contributed by atoms with Gasteiger partial charge in [0, 0.05) is 17.3 Å². The summed E-state index contributed by atoms with van der Waals surface area (Å²) in [7, 11) is 0. The minimum absolute atomic E-state index is 0.0157. The molecule has 0 aliphatic heterocycles. The molecule has 1 aliphatic rings. The molecule has 0 spiro atoms. The van der Waals surface area contributed by atoms with E-state index in [-0.39, 0.29) is 6.61 Å². The van der Waals surface area contributed by atoms with Crippen LogP contribution in [0.15, 0.2) is 18.2 Å². The van der Waals surface area contributed by atoms with Crippen molar-refractivity contribution < 1.29 is 9.84 Å². The highest BCUT2D eigenvalue weighted by Crippen LogP contribution is 2.34. The van der Waals surface area contributed by atoms with Crippen LogP contribution in [0.1, 0.15) is 38.7 Å². The van der Waals surface area contributed by atoms with E-state index < -0.39 is 0 Å². The zero-order valence-corrected chi connectivity index (χ0v) is 11.3. The number of benzene rings is 1. The summed E-state index contributed by atoms with van der Waals surface area (Å²) in [5.74, 6) is 1.70. The second-order valence-corrected chi connectivity index (χ2v) is 5.14. The minimum Gasteiger partial charge on any atom is -0.494 e. The van der Waals surface area contributed by atoms with Crippen LogP contribution in [0.2, 0.25) is 0 Å². The van der Waals surface area contributed by atoms with Gasteiger partial charge >= 0.3 is 0 Å². The molecule has 3 heteroatoms. The maximum absolute atomic E-state index is 9.35. The molecule has 2 N–H and O–H groups in total. The number of hydrogen-bond donors (Lipinski definition) is 2. The Bertz CT molecular complexity index is 388. The molecule has 2 rings (SSSR count). The molecule has 1 atom stereocenters. The van der Waals surface area contributed by atoms with Crippen molar-refractivity contribution in [1.29, 1.82) is 0 Å². The Labute approximate surface area is 109 Å². The molecule has 100 valence electrons. The van der Waals surface area contributed by atoms with Crippen LogP contribution < -0.4 is 10.1 Å². The van der Waals surface area contributed by atoms with E-state index in [1.807, 2.05) is 25.1 Å². The molecule has 0 bridgehead atoms. The lowest BCUT2D eigenvalue weighted by atomic mass is 10.1. The third-order valence-electron chi connectivity index (χ3n) is 3.33. The molecule has 0 amide bonds. The van der Waals surface area contributed by atoms with Crippen molar-refractivity contribution in [1.82, 2.24) is 0 Å². The van der Waals surface area contributed by atoms with E-state index in [9.17, 15) is 5.11 Å². The normalized spacial score (nSPS) is 16.4. The summed E-state index contributed by atoms with van der Waals surface area (Å²) in [5, 5.41) is 12.8. The Morgan fingerprint density at radius 3 is 2.83 bits per heavy atom. The van der Waals surface area contributed by atoms with Crippen LogP contribution in [0.3, 0.4) is 0 Å². The summed E-state index contributed by atoms with van der Waals surface area (Å²) in [6.07, 6.45) is 4.01. The zero-order valence-electron chi connectivity index (χ0n) is 11.3. The topological polar surface area (TPSA) is 41.5 Å². The number of aliphatic hydroxyl groups is 1. The number of hydrogen-bond acceptors (Lipinski definition) is 3. The van der Waals surface area contributed by atoms with Gasteiger partial charge in [0.15, 0.2) is 0 Å². The third-order valence-corrected chi connectivity index (χ3v) is 3.33. The second-order valence-electron chi connectivity index (χ2n) is 5.14. The predicted octanol–water partition coefficient (Wildman–Crippen LogP) is 3.18. The average molecular weight is 249 g/mol. The maximum Gasteiger partial charge on any atom is 0.124 e. The summed E-state index contributed by atoms with van der Waals surface area (Å²) >= 11 is 0. The fourth-order valence-corrected chi connectivity index (χ4v) is 2.29. The van der Waals surface area contributed by atoms with Gasteiger partial charge in [-0.05, 0) is 44.4 Å². The fourth-order valence-electron chi connectivity index (χ4n) is 2.29. The second kappa shape index (κ2) is 6.10. The highest BCUT2D eigenvalue weighted by Gasteiger charge is 2.23. The Balaban J connectivity index is 1.98. The average Bonchev–Trinajstić information content (AvgIpc) is 3.15. The molecule has 0 radical (unpaired) electrons. The number of aliphatic hydroxyl groups excluding tert-OH is 1. The quantitative estimate of drug-likeness (QED) is 0.780. The lowest BCUT2D eigenvalue weighted by Gasteiger charge is -2.17. The van der Waals surface area contributed by atoms with Crippen LogP contribution in [0.25, 0.3) is 0 Å². The first-order chi connectivity index (χ1) is 8.72. The predicted molar refractivity (Wildman–Crippen MR) is 74.0 cm³/mol. The third kappa shape index (κ3) is 3.64. The first-order valence-corrected chi connectivity index (χ1v) is 6.86. The molecule has 1 saturated carbocycles. The SMILES string of the molecule is CCOc1ccc(NC(C)CC2CC2)cc1CO. The molecule has 0 heterocycles. The molecular weight excluding hydrogens is 226 g/mol. The molecule has 18 heavy (non-hydrogen) atoms. The molecule has 3 nitrogen and oxygen atoms in total. The van der Waals surface area contributed by atoms with Gasteiger partial charge in [0.05, 0.1) is 13.2 Å². The van der Waals surface area contributed by atoms with Crippen molar-refractivity contribution in [3.05, 3.63) is 23.8 Å². The Hall–Kier alpha value is -1.22. The Morgan fingerprint density at radius 2 is 2.22 bits per heavy atom. The van der Waals surface area contributed by atoms with Crippen LogP contribution in [-0.2, 0) is 6.61 Å². The molecule has 1 unspecified atom stereocenters. The number of ether oxygens (including phenoxy) is 1. The van der Waals surface area contributed by atoms with Crippen LogP contribution >= 0.6 is 0 Å². The highest BCUT2D eigenvalue weighted by molar-refractivity contribution is 5.51. The van der Waals surface area contributed by atoms with Crippen LogP contribution in [0, 0.1) is 5.92 Å². The number of rotatable bonds is 7. The van der Waals surface area contributed by atoms with E-state index >= 15 is 0 Å². The van der Waals surface area contributed by atoms with E-state index in [4.69, 9.17) is 4.74 Å². The van der Waals surface area contributed by atoms with Gasteiger partial charge in [0.2, 0.25) is 0 Å². The monoisotopic (exact) mass is 249 g/mol. The molecule has 1 aromatic carbocycles. The summed E-state index contributed by atoms with van der Waals surface area (Å²) in [6, 6.07) is 6.42. The Morgan fingerprint density at radius 1 is 1.44 bits per heavy atom. The van der Waals surface area contributed by atoms with Gasteiger partial charge in [-0.2, -0.15) is 0 Å². The molecular formula is C15H23NO2. The lowest BCUT2D eigenvalue weighted by molar-refractivity contribution is 0.267. The first kappa shape index (κ1) is 13.2. The van der Waals surface area contributed by atoms with E-state index in [2.05, 4.69) is 12.2 Å². The minimum atomic E-state index is 0.0157. The first-order valence-electron chi connectivity index (χ1n) is 6.86. The van der Waals surface area contributed by atoms with E-state index in [0.29, 0.717) is 12.6 Å². The van der Waals surface area contributed by atoms with Crippen molar-refractivity contribution in [3.63, 3.8) is 0 Å². The molecule has 0 aromatic heterocycles. The maximum atomic E-state index is 9.35. The van der Waals surface area contributed by atoms with Gasteiger partial charge in [-0.15, -0.1) is 0 Å². The highest BCUT2D eigenvalue weighted by atomic mass is 16.5. The molecule has 0 saturated heterocycles. The molecule has 1 fully saturated rings. The Kier molecular flexibility index (Phi) is 4.48. The van der Waals surface area contributed by atoms with Crippen LogP contribution in [0.5, 0.6) is 5.75 Å². The fraction of sp³-hybridized carbons (Fsp3) is 0.600. The smallest absolute Gasteiger partial charge is 0.124 e. The van der Waals surface area contributed by atoms with Crippen molar-refractivity contribution >= 4 is 5.69 Å². The van der Waals surface area contributed by atoms with E-state index in [1.54, 1.807) is 0 Å². The van der Waals surface area contributed by atoms with Crippen molar-refractivity contribution in [2.24, 2.45) is 5.92 Å². The summed E-state index contributed by atoms with van der Waals surface area (Å²) < 4.78 is 5.47. The van der Waals surface area contributed by atoms with Crippen LogP contribution in [0.4, 0.5) is 5.69 Å². The van der Waals surface area contributed by atoms with Gasteiger partial charge in [0.25, 0.3) is 0 Å². The van der Waals surface area contributed by atoms with Gasteiger partial charge < -0.3 is 15.2 Å². The summed E-state index contributed by atoms with van der Waals surface area (Å²) in [5.41, 5.74) is 1.91. The van der Waals surface area contributed by atoms with Gasteiger partial charge in [0.1, 0.15) is 5.75 Å². The summed E-state index contributed by atoms with van der Waals surface area (Å²) in [6.45, 7) is 4.80. The molecule has 1 aliphatic carbocycles. The van der Waals surface area contributed by atoms with Gasteiger partial charge in [-0.3, -0.25) is 0 Å². The van der Waals surface area contributed by atoms with E-state index in [0.717, 1.165) is 22.9 Å². The number of anilines is 1. The number of nitrogens with one attached hydrogen (secondary N) is 1.